The number of nitrogens with one attached hydrogen (secondary N) is 2. The van der Waals surface area contributed by atoms with E-state index in [1.807, 2.05) is 19.9 Å². The summed E-state index contributed by atoms with van der Waals surface area (Å²) in [6.45, 7) is 6.19. The summed E-state index contributed by atoms with van der Waals surface area (Å²) in [7, 11) is -2.95. The van der Waals surface area contributed by atoms with Gasteiger partial charge in [0.2, 0.25) is 16.8 Å². The van der Waals surface area contributed by atoms with Crippen LogP contribution in [-0.2, 0) is 56.7 Å². The van der Waals surface area contributed by atoms with E-state index in [1.54, 1.807) is 0 Å². The maximum absolute atomic E-state index is 13.0. The first-order valence-electron chi connectivity index (χ1n) is 13.6. The highest BCUT2D eigenvalue weighted by Crippen LogP contribution is 2.30. The molecule has 2 amide bonds. The Morgan fingerprint density at radius 1 is 1.15 bits per heavy atom. The Labute approximate surface area is 239 Å². The van der Waals surface area contributed by atoms with Crippen molar-refractivity contribution in [1.82, 2.24) is 19.8 Å². The van der Waals surface area contributed by atoms with E-state index in [0.717, 1.165) is 40.8 Å². The van der Waals surface area contributed by atoms with E-state index in [9.17, 15) is 18.0 Å². The molecule has 1 atom stereocenters. The second-order valence-electron chi connectivity index (χ2n) is 10.3. The SMILES string of the molecule is CCc1cc(-c2ccc3c(c2)COCC3)cc(C)c1CC(=O)NS(=O)(=O)c1cc2n(n1)CC(CNC(=O)OC)CO2. The van der Waals surface area contributed by atoms with Crippen molar-refractivity contribution in [3.05, 3.63) is 64.2 Å². The van der Waals surface area contributed by atoms with Crippen molar-refractivity contribution in [2.24, 2.45) is 5.92 Å². The lowest BCUT2D eigenvalue weighted by molar-refractivity contribution is -0.118. The van der Waals surface area contributed by atoms with Gasteiger partial charge < -0.3 is 19.5 Å². The fourth-order valence-electron chi connectivity index (χ4n) is 5.25. The standard InChI is InChI=1S/C29H34N4O7S/c1-4-20-10-23(22-6-5-21-7-8-39-17-24(21)11-22)9-18(2)25(20)12-26(34)32-41(36,37)27-13-28-33(31-27)15-19(16-40-28)14-30-29(35)38-3/h5-6,9-11,13,19H,4,7-8,12,14-17H2,1-3H3,(H,30,35)(H,32,34). The molecule has 12 heteroatoms. The molecule has 2 aliphatic rings. The van der Waals surface area contributed by atoms with Gasteiger partial charge in [-0.3, -0.25) is 4.79 Å². The first-order chi connectivity index (χ1) is 19.7. The highest BCUT2D eigenvalue weighted by molar-refractivity contribution is 7.90. The van der Waals surface area contributed by atoms with Crippen LogP contribution in [-0.4, -0.2) is 57.1 Å². The number of amides is 2. The Balaban J connectivity index is 1.28. The molecule has 218 valence electrons. The first kappa shape index (κ1) is 28.6. The molecule has 11 nitrogen and oxygen atoms in total. The zero-order valence-electron chi connectivity index (χ0n) is 23.4. The number of ether oxygens (including phenoxy) is 3. The molecule has 0 bridgehead atoms. The van der Waals surface area contributed by atoms with E-state index in [1.165, 1.54) is 29.0 Å². The molecule has 3 aromatic rings. The number of fused-ring (bicyclic) bond motifs is 2. The van der Waals surface area contributed by atoms with Gasteiger partial charge in [0.1, 0.15) is 0 Å². The molecule has 0 saturated heterocycles. The third-order valence-electron chi connectivity index (χ3n) is 7.46. The number of hydrogen-bond donors (Lipinski definition) is 2. The van der Waals surface area contributed by atoms with Crippen LogP contribution in [0.4, 0.5) is 4.79 Å². The predicted octanol–water partition coefficient (Wildman–Crippen LogP) is 2.91. The van der Waals surface area contributed by atoms with E-state index >= 15 is 0 Å². The number of aromatic nitrogens is 2. The van der Waals surface area contributed by atoms with Crippen molar-refractivity contribution in [2.45, 2.75) is 51.3 Å². The molecule has 0 aliphatic carbocycles. The average molecular weight is 583 g/mol. The molecular formula is C29H34N4O7S. The van der Waals surface area contributed by atoms with Crippen molar-refractivity contribution in [1.29, 1.82) is 0 Å². The molecule has 5 rings (SSSR count). The van der Waals surface area contributed by atoms with Gasteiger partial charge in [-0.15, -0.1) is 0 Å². The summed E-state index contributed by atoms with van der Waals surface area (Å²) in [5.41, 5.74) is 7.34. The zero-order valence-corrected chi connectivity index (χ0v) is 24.2. The van der Waals surface area contributed by atoms with Gasteiger partial charge in [0, 0.05) is 18.5 Å². The van der Waals surface area contributed by atoms with Crippen LogP contribution in [0, 0.1) is 12.8 Å². The Hall–Kier alpha value is -3.90. The number of hydrogen-bond acceptors (Lipinski definition) is 8. The van der Waals surface area contributed by atoms with Crippen molar-refractivity contribution >= 4 is 22.0 Å². The fourth-order valence-corrected chi connectivity index (χ4v) is 6.19. The molecule has 0 radical (unpaired) electrons. The lowest BCUT2D eigenvalue weighted by Gasteiger charge is -2.23. The molecule has 2 N–H and O–H groups in total. The zero-order chi connectivity index (χ0) is 29.1. The highest BCUT2D eigenvalue weighted by atomic mass is 32.2. The van der Waals surface area contributed by atoms with E-state index in [4.69, 9.17) is 9.47 Å². The van der Waals surface area contributed by atoms with Crippen LogP contribution in [0.2, 0.25) is 0 Å². The van der Waals surface area contributed by atoms with Gasteiger partial charge in [-0.25, -0.2) is 14.2 Å². The minimum Gasteiger partial charge on any atom is -0.477 e. The number of carbonyl (C=O) groups excluding carboxylic acids is 2. The molecule has 1 aromatic heterocycles. The summed E-state index contributed by atoms with van der Waals surface area (Å²) in [5.74, 6) is -0.492. The molecule has 1 unspecified atom stereocenters. The number of alkyl carbamates (subject to hydrolysis) is 1. The van der Waals surface area contributed by atoms with Crippen LogP contribution in [0.5, 0.6) is 5.88 Å². The van der Waals surface area contributed by atoms with Crippen molar-refractivity contribution in [3.8, 4) is 17.0 Å². The molecule has 0 fully saturated rings. The van der Waals surface area contributed by atoms with Crippen LogP contribution in [0.15, 0.2) is 41.4 Å². The smallest absolute Gasteiger partial charge is 0.406 e. The number of nitrogens with zero attached hydrogens (tertiary/aromatic N) is 2. The van der Waals surface area contributed by atoms with Gasteiger partial charge in [-0.2, -0.15) is 13.5 Å². The molecule has 0 spiro atoms. The van der Waals surface area contributed by atoms with Gasteiger partial charge in [0.15, 0.2) is 0 Å². The summed E-state index contributed by atoms with van der Waals surface area (Å²) >= 11 is 0. The van der Waals surface area contributed by atoms with Crippen LogP contribution >= 0.6 is 0 Å². The van der Waals surface area contributed by atoms with E-state index in [-0.39, 0.29) is 36.4 Å². The normalized spacial score (nSPS) is 16.2. The number of sulfonamides is 1. The Kier molecular flexibility index (Phi) is 8.32. The average Bonchev–Trinajstić information content (AvgIpc) is 3.41. The predicted molar refractivity (Wildman–Crippen MR) is 150 cm³/mol. The number of aryl methyl sites for hydroxylation is 2. The van der Waals surface area contributed by atoms with E-state index < -0.39 is 22.0 Å². The first-order valence-corrected chi connectivity index (χ1v) is 15.1. The topological polar surface area (TPSA) is 138 Å². The van der Waals surface area contributed by atoms with Gasteiger partial charge in [-0.05, 0) is 64.8 Å². The molecule has 2 aliphatic heterocycles. The second kappa shape index (κ2) is 11.9. The minimum atomic E-state index is -4.23. The van der Waals surface area contributed by atoms with Crippen LogP contribution in [0.1, 0.15) is 34.7 Å². The highest BCUT2D eigenvalue weighted by Gasteiger charge is 2.28. The summed E-state index contributed by atoms with van der Waals surface area (Å²) in [6.07, 6.45) is 0.953. The van der Waals surface area contributed by atoms with Crippen molar-refractivity contribution in [3.63, 3.8) is 0 Å². The lowest BCUT2D eigenvalue weighted by atomic mass is 9.90. The number of benzene rings is 2. The van der Waals surface area contributed by atoms with Gasteiger partial charge in [0.05, 0.1) is 39.9 Å². The molecule has 2 aromatic carbocycles. The summed E-state index contributed by atoms with van der Waals surface area (Å²) in [5, 5.41) is 6.43. The van der Waals surface area contributed by atoms with Crippen LogP contribution in [0.25, 0.3) is 11.1 Å². The Morgan fingerprint density at radius 2 is 1.98 bits per heavy atom. The van der Waals surface area contributed by atoms with Gasteiger partial charge in [0.25, 0.3) is 10.0 Å². The van der Waals surface area contributed by atoms with Gasteiger partial charge >= 0.3 is 6.09 Å². The molecule has 3 heterocycles. The summed E-state index contributed by atoms with van der Waals surface area (Å²) in [4.78, 5) is 24.3. The Morgan fingerprint density at radius 3 is 2.76 bits per heavy atom. The number of carbonyl (C=O) groups is 2. The minimum absolute atomic E-state index is 0.0854. The molecule has 0 saturated carbocycles. The van der Waals surface area contributed by atoms with Gasteiger partial charge in [-0.1, -0.05) is 31.2 Å². The third kappa shape index (κ3) is 6.38. The lowest BCUT2D eigenvalue weighted by Crippen LogP contribution is -2.36. The summed E-state index contributed by atoms with van der Waals surface area (Å²) in [6, 6.07) is 11.8. The second-order valence-corrected chi connectivity index (χ2v) is 12.0. The maximum atomic E-state index is 13.0. The maximum Gasteiger partial charge on any atom is 0.406 e. The monoisotopic (exact) mass is 582 g/mol. The largest absolute Gasteiger partial charge is 0.477 e. The van der Waals surface area contributed by atoms with Crippen LogP contribution < -0.4 is 14.8 Å². The number of rotatable bonds is 8. The molecular weight excluding hydrogens is 548 g/mol. The Bertz CT molecular complexity index is 1580. The van der Waals surface area contributed by atoms with Crippen molar-refractivity contribution in [2.75, 3.05) is 26.9 Å². The third-order valence-corrected chi connectivity index (χ3v) is 8.71. The fraction of sp³-hybridized carbons (Fsp3) is 0.414. The molecule has 41 heavy (non-hydrogen) atoms. The quantitative estimate of drug-likeness (QED) is 0.414. The van der Waals surface area contributed by atoms with Crippen molar-refractivity contribution < 1.29 is 32.2 Å². The van der Waals surface area contributed by atoms with Crippen LogP contribution in [0.3, 0.4) is 0 Å². The van der Waals surface area contributed by atoms with E-state index in [0.29, 0.717) is 19.6 Å². The van der Waals surface area contributed by atoms with E-state index in [2.05, 4.69) is 44.1 Å². The number of methoxy groups -OCH3 is 1. The summed E-state index contributed by atoms with van der Waals surface area (Å²) < 4.78 is 45.5.